The number of nitrogens with zero attached hydrogens (tertiary/aromatic N) is 5. The van der Waals surface area contributed by atoms with E-state index in [9.17, 15) is 14.0 Å². The molecule has 1 fully saturated rings. The van der Waals surface area contributed by atoms with Crippen molar-refractivity contribution >= 4 is 46.2 Å². The lowest BCUT2D eigenvalue weighted by Crippen LogP contribution is -2.40. The molecule has 0 atom stereocenters. The number of pyridine rings is 1. The number of aromatic nitrogens is 3. The normalized spacial score (nSPS) is 13.3. The Morgan fingerprint density at radius 3 is 2.47 bits per heavy atom. The average molecular weight is 506 g/mol. The summed E-state index contributed by atoms with van der Waals surface area (Å²) in [7, 11) is 0. The van der Waals surface area contributed by atoms with E-state index >= 15 is 0 Å². The number of fused-ring (bicyclic) bond motifs is 1. The van der Waals surface area contributed by atoms with Gasteiger partial charge in [-0.1, -0.05) is 11.6 Å². The lowest BCUT2D eigenvalue weighted by atomic mass is 10.1. The van der Waals surface area contributed by atoms with E-state index in [-0.39, 0.29) is 36.8 Å². The molecule has 0 radical (unpaired) electrons. The van der Waals surface area contributed by atoms with Crippen molar-refractivity contribution in [3.63, 3.8) is 0 Å². The monoisotopic (exact) mass is 505 g/mol. The maximum atomic E-state index is 13.3. The Hall–Kier alpha value is -4.31. The molecule has 0 spiro atoms. The molecule has 0 saturated carbocycles. The van der Waals surface area contributed by atoms with Gasteiger partial charge in [0.05, 0.1) is 24.4 Å². The third kappa shape index (κ3) is 4.89. The first kappa shape index (κ1) is 23.4. The van der Waals surface area contributed by atoms with Gasteiger partial charge in [0.15, 0.2) is 5.82 Å². The summed E-state index contributed by atoms with van der Waals surface area (Å²) in [5.74, 6) is -0.326. The van der Waals surface area contributed by atoms with Crippen LogP contribution in [0.3, 0.4) is 0 Å². The van der Waals surface area contributed by atoms with Crippen molar-refractivity contribution in [3.8, 4) is 11.3 Å². The Balaban J connectivity index is 1.32. The second-order valence-electron chi connectivity index (χ2n) is 8.23. The topological polar surface area (TPSA) is 117 Å². The van der Waals surface area contributed by atoms with Crippen LogP contribution in [-0.2, 0) is 4.79 Å². The first-order valence-electron chi connectivity index (χ1n) is 11.1. The molecule has 9 nitrogen and oxygen atoms in total. The summed E-state index contributed by atoms with van der Waals surface area (Å²) >= 11 is 5.85. The molecular weight excluding hydrogens is 485 g/mol. The lowest BCUT2D eigenvalue weighted by molar-refractivity contribution is -0.128. The standard InChI is InChI=1S/C25H21ClFN7O2/c26-17-5-1-16(2-6-17)24(36)29-13-21(35)33-11-12-34(14-33)23-22-20(31-25(28)32-23)10-9-19(30-22)15-3-7-18(27)8-4-15/h1-10H,11-14H2,(H,29,36)(H2,28,31,32). The zero-order valence-electron chi connectivity index (χ0n) is 19.0. The molecule has 2 amide bonds. The summed E-state index contributed by atoms with van der Waals surface area (Å²) in [5, 5.41) is 3.17. The van der Waals surface area contributed by atoms with Crippen LogP contribution in [0.1, 0.15) is 10.4 Å². The molecular formula is C25H21ClFN7O2. The van der Waals surface area contributed by atoms with E-state index in [0.717, 1.165) is 5.56 Å². The zero-order chi connectivity index (χ0) is 25.2. The Morgan fingerprint density at radius 2 is 1.72 bits per heavy atom. The molecule has 11 heteroatoms. The zero-order valence-corrected chi connectivity index (χ0v) is 19.7. The van der Waals surface area contributed by atoms with Crippen LogP contribution >= 0.6 is 11.6 Å². The van der Waals surface area contributed by atoms with Gasteiger partial charge in [0.1, 0.15) is 11.3 Å². The van der Waals surface area contributed by atoms with E-state index in [4.69, 9.17) is 22.3 Å². The minimum absolute atomic E-state index is 0.0915. The molecule has 0 unspecified atom stereocenters. The number of benzene rings is 2. The Labute approximate surface area is 210 Å². The minimum Gasteiger partial charge on any atom is -0.368 e. The molecule has 0 aliphatic carbocycles. The van der Waals surface area contributed by atoms with Crippen molar-refractivity contribution < 1.29 is 14.0 Å². The fraction of sp³-hybridized carbons (Fsp3) is 0.160. The number of carbonyl (C=O) groups is 2. The largest absolute Gasteiger partial charge is 0.368 e. The molecule has 3 heterocycles. The summed E-state index contributed by atoms with van der Waals surface area (Å²) in [6.07, 6.45) is 0. The van der Waals surface area contributed by atoms with Crippen LogP contribution in [0, 0.1) is 5.82 Å². The Kier molecular flexibility index (Phi) is 6.34. The highest BCUT2D eigenvalue weighted by Crippen LogP contribution is 2.28. The van der Waals surface area contributed by atoms with Crippen LogP contribution in [0.15, 0.2) is 60.7 Å². The quantitative estimate of drug-likeness (QED) is 0.428. The molecule has 2 aromatic carbocycles. The molecule has 1 aliphatic rings. The van der Waals surface area contributed by atoms with Crippen molar-refractivity contribution in [2.45, 2.75) is 0 Å². The average Bonchev–Trinajstić information content (AvgIpc) is 3.37. The summed E-state index contributed by atoms with van der Waals surface area (Å²) < 4.78 is 13.3. The van der Waals surface area contributed by atoms with Crippen LogP contribution in [0.25, 0.3) is 22.3 Å². The van der Waals surface area contributed by atoms with E-state index < -0.39 is 0 Å². The summed E-state index contributed by atoms with van der Waals surface area (Å²) in [4.78, 5) is 42.0. The molecule has 5 rings (SSSR count). The fourth-order valence-electron chi connectivity index (χ4n) is 3.95. The van der Waals surface area contributed by atoms with E-state index in [1.807, 2.05) is 4.90 Å². The van der Waals surface area contributed by atoms with Gasteiger partial charge >= 0.3 is 0 Å². The van der Waals surface area contributed by atoms with Gasteiger partial charge in [0, 0.05) is 29.2 Å². The maximum Gasteiger partial charge on any atom is 0.251 e. The molecule has 3 N–H and O–H groups in total. The second-order valence-corrected chi connectivity index (χ2v) is 8.66. The van der Waals surface area contributed by atoms with Crippen molar-refractivity contribution in [2.24, 2.45) is 0 Å². The van der Waals surface area contributed by atoms with Crippen LogP contribution in [0.5, 0.6) is 0 Å². The van der Waals surface area contributed by atoms with E-state index in [1.54, 1.807) is 53.4 Å². The predicted molar refractivity (Wildman–Crippen MR) is 135 cm³/mol. The Morgan fingerprint density at radius 1 is 0.972 bits per heavy atom. The number of nitrogens with two attached hydrogens (primary N) is 1. The first-order valence-corrected chi connectivity index (χ1v) is 11.5. The third-order valence-corrected chi connectivity index (χ3v) is 6.07. The molecule has 0 bridgehead atoms. The van der Waals surface area contributed by atoms with Gasteiger partial charge in [-0.05, 0) is 60.7 Å². The molecule has 36 heavy (non-hydrogen) atoms. The van der Waals surface area contributed by atoms with Crippen molar-refractivity contribution in [3.05, 3.63) is 77.1 Å². The smallest absolute Gasteiger partial charge is 0.251 e. The number of nitrogen functional groups attached to an aromatic ring is 1. The first-order chi connectivity index (χ1) is 17.4. The van der Waals surface area contributed by atoms with Crippen LogP contribution in [-0.4, -0.2) is 58.0 Å². The third-order valence-electron chi connectivity index (χ3n) is 5.82. The van der Waals surface area contributed by atoms with Crippen molar-refractivity contribution in [1.82, 2.24) is 25.2 Å². The number of carbonyl (C=O) groups excluding carboxylic acids is 2. The molecule has 2 aromatic heterocycles. The maximum absolute atomic E-state index is 13.3. The van der Waals surface area contributed by atoms with E-state index in [2.05, 4.69) is 15.3 Å². The highest BCUT2D eigenvalue weighted by molar-refractivity contribution is 6.30. The van der Waals surface area contributed by atoms with Gasteiger partial charge in [0.25, 0.3) is 5.91 Å². The van der Waals surface area contributed by atoms with Gasteiger partial charge in [-0.15, -0.1) is 0 Å². The van der Waals surface area contributed by atoms with Crippen molar-refractivity contribution in [1.29, 1.82) is 0 Å². The minimum atomic E-state index is -0.358. The number of amides is 2. The predicted octanol–water partition coefficient (Wildman–Crippen LogP) is 3.10. The van der Waals surface area contributed by atoms with Gasteiger partial charge < -0.3 is 20.9 Å². The molecule has 1 saturated heterocycles. The second kappa shape index (κ2) is 9.74. The molecule has 182 valence electrons. The van der Waals surface area contributed by atoms with Crippen molar-refractivity contribution in [2.75, 3.05) is 36.9 Å². The number of halogens is 2. The fourth-order valence-corrected chi connectivity index (χ4v) is 4.08. The van der Waals surface area contributed by atoms with Crippen LogP contribution < -0.4 is 16.0 Å². The highest BCUT2D eigenvalue weighted by atomic mass is 35.5. The van der Waals surface area contributed by atoms with Gasteiger partial charge in [-0.25, -0.2) is 14.4 Å². The number of hydrogen-bond donors (Lipinski definition) is 2. The number of anilines is 2. The van der Waals surface area contributed by atoms with Crippen LogP contribution in [0.2, 0.25) is 5.02 Å². The van der Waals surface area contributed by atoms with Crippen LogP contribution in [0.4, 0.5) is 16.2 Å². The molecule has 4 aromatic rings. The van der Waals surface area contributed by atoms with Gasteiger partial charge in [-0.3, -0.25) is 9.59 Å². The van der Waals surface area contributed by atoms with Gasteiger partial charge in [-0.2, -0.15) is 4.98 Å². The highest BCUT2D eigenvalue weighted by Gasteiger charge is 2.27. The lowest BCUT2D eigenvalue weighted by Gasteiger charge is -2.20. The SMILES string of the molecule is Nc1nc(N2CCN(C(=O)CNC(=O)c3ccc(Cl)cc3)C2)c2nc(-c3ccc(F)cc3)ccc2n1. The Bertz CT molecular complexity index is 1450. The van der Waals surface area contributed by atoms with Gasteiger partial charge in [0.2, 0.25) is 11.9 Å². The number of hydrogen-bond acceptors (Lipinski definition) is 7. The summed E-state index contributed by atoms with van der Waals surface area (Å²) in [6.45, 7) is 1.06. The molecule has 1 aliphatic heterocycles. The number of rotatable bonds is 5. The summed E-state index contributed by atoms with van der Waals surface area (Å²) in [5.41, 5.74) is 8.82. The van der Waals surface area contributed by atoms with E-state index in [1.165, 1.54) is 12.1 Å². The summed E-state index contributed by atoms with van der Waals surface area (Å²) in [6, 6.07) is 16.0. The van der Waals surface area contributed by atoms with E-state index in [0.29, 0.717) is 46.2 Å². The number of nitrogens with one attached hydrogen (secondary N) is 1.